The fourth-order valence-corrected chi connectivity index (χ4v) is 4.43. The summed E-state index contributed by atoms with van der Waals surface area (Å²) < 4.78 is 46.7. The molecule has 4 aromatic rings. The van der Waals surface area contributed by atoms with E-state index >= 15 is 0 Å². The number of halogens is 3. The summed E-state index contributed by atoms with van der Waals surface area (Å²) in [7, 11) is 0. The highest BCUT2D eigenvalue weighted by molar-refractivity contribution is 5.98. The van der Waals surface area contributed by atoms with Gasteiger partial charge in [-0.15, -0.1) is 10.2 Å². The minimum atomic E-state index is -4.46. The molecule has 1 atom stereocenters. The van der Waals surface area contributed by atoms with E-state index < -0.39 is 17.8 Å². The van der Waals surface area contributed by atoms with Gasteiger partial charge in [0.1, 0.15) is 18.7 Å². The molecule has 8 nitrogen and oxygen atoms in total. The maximum absolute atomic E-state index is 13.7. The molecule has 2 aliphatic rings. The van der Waals surface area contributed by atoms with Gasteiger partial charge in [0.15, 0.2) is 5.82 Å². The number of hydrogen-bond acceptors (Lipinski definition) is 6. The molecule has 1 aliphatic heterocycles. The smallest absolute Gasteiger partial charge is 0.416 e. The first-order valence-corrected chi connectivity index (χ1v) is 10.8. The number of carbonyl (C=O) groups is 1. The van der Waals surface area contributed by atoms with Crippen molar-refractivity contribution < 1.29 is 22.7 Å². The topological polar surface area (TPSA) is 98.6 Å². The van der Waals surface area contributed by atoms with Crippen LogP contribution >= 0.6 is 0 Å². The van der Waals surface area contributed by atoms with Gasteiger partial charge < -0.3 is 15.4 Å². The molecule has 6 rings (SSSR count). The van der Waals surface area contributed by atoms with Gasteiger partial charge in [-0.2, -0.15) is 13.2 Å². The minimum absolute atomic E-state index is 0.108. The predicted molar refractivity (Wildman–Crippen MR) is 116 cm³/mol. The summed E-state index contributed by atoms with van der Waals surface area (Å²) >= 11 is 0. The third kappa shape index (κ3) is 3.39. The van der Waals surface area contributed by atoms with Crippen molar-refractivity contribution in [2.75, 3.05) is 18.9 Å². The minimum Gasteiger partial charge on any atom is -0.491 e. The molecule has 1 unspecified atom stereocenters. The molecule has 1 aliphatic carbocycles. The van der Waals surface area contributed by atoms with E-state index in [0.717, 1.165) is 25.0 Å². The lowest BCUT2D eigenvalue weighted by Gasteiger charge is -2.29. The quantitative estimate of drug-likeness (QED) is 0.488. The number of ether oxygens (including phenoxy) is 1. The van der Waals surface area contributed by atoms with E-state index in [4.69, 9.17) is 10.5 Å². The van der Waals surface area contributed by atoms with Crippen LogP contribution in [0.5, 0.6) is 5.75 Å². The highest BCUT2D eigenvalue weighted by Crippen LogP contribution is 2.42. The molecular formula is C23H19F3N6O2. The second-order valence-electron chi connectivity index (χ2n) is 8.70. The number of nitrogens with zero attached hydrogens (tertiary/aromatic N) is 5. The van der Waals surface area contributed by atoms with Crippen LogP contribution in [0.1, 0.15) is 40.4 Å². The third-order valence-electron chi connectivity index (χ3n) is 6.39. The molecule has 34 heavy (non-hydrogen) atoms. The highest BCUT2D eigenvalue weighted by Gasteiger charge is 2.39. The Kier molecular flexibility index (Phi) is 4.45. The van der Waals surface area contributed by atoms with E-state index in [9.17, 15) is 18.0 Å². The van der Waals surface area contributed by atoms with Gasteiger partial charge in [-0.1, -0.05) is 6.07 Å². The van der Waals surface area contributed by atoms with E-state index in [1.54, 1.807) is 27.5 Å². The lowest BCUT2D eigenvalue weighted by atomic mass is 10.0. The molecule has 2 N–H and O–H groups in total. The Morgan fingerprint density at radius 2 is 2.03 bits per heavy atom. The van der Waals surface area contributed by atoms with Gasteiger partial charge in [-0.3, -0.25) is 9.20 Å². The number of fused-ring (bicyclic) bond motifs is 4. The molecule has 2 aromatic carbocycles. The number of rotatable bonds is 4. The van der Waals surface area contributed by atoms with Crippen LogP contribution in [0, 0.1) is 5.92 Å². The summed E-state index contributed by atoms with van der Waals surface area (Å²) in [5, 5.41) is 7.85. The molecule has 2 aromatic heterocycles. The molecule has 174 valence electrons. The van der Waals surface area contributed by atoms with Crippen LogP contribution < -0.4 is 10.5 Å². The number of benzene rings is 2. The van der Waals surface area contributed by atoms with Crippen LogP contribution in [-0.4, -0.2) is 43.5 Å². The molecule has 3 heterocycles. The Morgan fingerprint density at radius 3 is 2.79 bits per heavy atom. The van der Waals surface area contributed by atoms with Crippen LogP contribution in [0.25, 0.3) is 16.7 Å². The maximum atomic E-state index is 13.7. The van der Waals surface area contributed by atoms with E-state index in [1.807, 2.05) is 0 Å². The molecule has 0 spiro atoms. The summed E-state index contributed by atoms with van der Waals surface area (Å²) in [5.74, 6) is 0.539. The first-order chi connectivity index (χ1) is 16.3. The van der Waals surface area contributed by atoms with Crippen LogP contribution in [0.3, 0.4) is 0 Å². The number of nitrogen functional groups attached to an aromatic ring is 1. The van der Waals surface area contributed by atoms with Gasteiger partial charge in [-0.25, -0.2) is 4.98 Å². The van der Waals surface area contributed by atoms with Crippen LogP contribution in [0.15, 0.2) is 42.7 Å². The second kappa shape index (κ2) is 7.31. The fraction of sp³-hybridized carbons (Fsp3) is 0.304. The van der Waals surface area contributed by atoms with Crippen LogP contribution in [-0.2, 0) is 6.18 Å². The molecule has 0 saturated heterocycles. The Bertz CT molecular complexity index is 1450. The van der Waals surface area contributed by atoms with Crippen molar-refractivity contribution in [2.45, 2.75) is 25.1 Å². The van der Waals surface area contributed by atoms with Crippen molar-refractivity contribution in [3.8, 4) is 5.75 Å². The zero-order chi connectivity index (χ0) is 23.6. The van der Waals surface area contributed by atoms with Gasteiger partial charge in [0, 0.05) is 17.7 Å². The Labute approximate surface area is 191 Å². The lowest BCUT2D eigenvalue weighted by Crippen LogP contribution is -2.37. The monoisotopic (exact) mass is 468 g/mol. The fourth-order valence-electron chi connectivity index (χ4n) is 4.43. The van der Waals surface area contributed by atoms with Crippen molar-refractivity contribution in [1.82, 2.24) is 24.5 Å². The number of alkyl halides is 3. The number of anilines is 1. The SMILES string of the molecule is Nc1nc2ccc(C(=O)N(CC3CC3)C3COc4cc(C(F)(F)F)ccc43)cc2n2cnnc12. The summed E-state index contributed by atoms with van der Waals surface area (Å²) in [6.07, 6.45) is -0.930. The number of carbonyl (C=O) groups excluding carboxylic acids is 1. The first-order valence-electron chi connectivity index (χ1n) is 10.8. The average Bonchev–Trinajstić information content (AvgIpc) is 3.31. The third-order valence-corrected chi connectivity index (χ3v) is 6.39. The van der Waals surface area contributed by atoms with Gasteiger partial charge in [0.2, 0.25) is 5.65 Å². The lowest BCUT2D eigenvalue weighted by molar-refractivity contribution is -0.137. The molecule has 0 bridgehead atoms. The van der Waals surface area contributed by atoms with Gasteiger partial charge in [-0.05, 0) is 49.1 Å². The predicted octanol–water partition coefficient (Wildman–Crippen LogP) is 3.86. The largest absolute Gasteiger partial charge is 0.491 e. The van der Waals surface area contributed by atoms with Gasteiger partial charge >= 0.3 is 6.18 Å². The van der Waals surface area contributed by atoms with E-state index in [1.165, 1.54) is 12.4 Å². The zero-order valence-electron chi connectivity index (χ0n) is 17.8. The Balaban J connectivity index is 1.39. The average molecular weight is 468 g/mol. The van der Waals surface area contributed by atoms with Gasteiger partial charge in [0.05, 0.1) is 22.6 Å². The summed E-state index contributed by atoms with van der Waals surface area (Å²) in [4.78, 5) is 19.8. The molecule has 1 saturated carbocycles. The first kappa shape index (κ1) is 20.7. The Hall–Kier alpha value is -3.89. The molecule has 11 heteroatoms. The molecule has 0 radical (unpaired) electrons. The molecule has 1 amide bonds. The second-order valence-corrected chi connectivity index (χ2v) is 8.70. The molecule has 1 fully saturated rings. The van der Waals surface area contributed by atoms with Crippen molar-refractivity contribution in [3.05, 3.63) is 59.4 Å². The number of amides is 1. The van der Waals surface area contributed by atoms with E-state index in [-0.39, 0.29) is 24.1 Å². The number of nitrogens with two attached hydrogens (primary N) is 1. The van der Waals surface area contributed by atoms with Crippen LogP contribution in [0.2, 0.25) is 0 Å². The number of aromatic nitrogens is 4. The summed E-state index contributed by atoms with van der Waals surface area (Å²) in [6.45, 7) is 0.615. The zero-order valence-corrected chi connectivity index (χ0v) is 17.8. The Morgan fingerprint density at radius 1 is 1.21 bits per heavy atom. The van der Waals surface area contributed by atoms with Crippen molar-refractivity contribution in [2.24, 2.45) is 5.92 Å². The number of hydrogen-bond donors (Lipinski definition) is 1. The van der Waals surface area contributed by atoms with Gasteiger partial charge in [0.25, 0.3) is 5.91 Å². The van der Waals surface area contributed by atoms with Crippen molar-refractivity contribution >= 4 is 28.4 Å². The summed E-state index contributed by atoms with van der Waals surface area (Å²) in [6, 6.07) is 8.08. The standard InChI is InChI=1S/C23H19F3N6O2/c24-23(25,26)14-4-5-15-18(10-34-19(15)8-14)31(9-12-1-2-12)22(33)13-3-6-16-17(7-13)32-11-28-30-21(32)20(27)29-16/h3-8,11-12,18H,1-2,9-10H2,(H2,27,29). The normalized spacial score (nSPS) is 17.7. The van der Waals surface area contributed by atoms with Crippen molar-refractivity contribution in [1.29, 1.82) is 0 Å². The van der Waals surface area contributed by atoms with Crippen LogP contribution in [0.4, 0.5) is 19.0 Å². The summed E-state index contributed by atoms with van der Waals surface area (Å²) in [5.41, 5.74) is 7.79. The van der Waals surface area contributed by atoms with E-state index in [2.05, 4.69) is 15.2 Å². The van der Waals surface area contributed by atoms with Crippen molar-refractivity contribution in [3.63, 3.8) is 0 Å². The molecular weight excluding hydrogens is 449 g/mol. The maximum Gasteiger partial charge on any atom is 0.416 e. The highest BCUT2D eigenvalue weighted by atomic mass is 19.4. The van der Waals surface area contributed by atoms with E-state index in [0.29, 0.717) is 40.3 Å².